The van der Waals surface area contributed by atoms with E-state index < -0.39 is 0 Å². The van der Waals surface area contributed by atoms with Crippen LogP contribution in [0.5, 0.6) is 0 Å². The van der Waals surface area contributed by atoms with Gasteiger partial charge < -0.3 is 10.2 Å². The van der Waals surface area contributed by atoms with E-state index in [2.05, 4.69) is 12.2 Å². The van der Waals surface area contributed by atoms with E-state index in [0.29, 0.717) is 12.5 Å². The van der Waals surface area contributed by atoms with Gasteiger partial charge in [0.15, 0.2) is 0 Å². The van der Waals surface area contributed by atoms with Crippen LogP contribution in [0.1, 0.15) is 38.2 Å². The number of carbonyl (C=O) groups excluding carboxylic acids is 1. The number of benzene rings is 1. The average Bonchev–Trinajstić information content (AvgIpc) is 3.24. The molecule has 1 aliphatic carbocycles. The molecule has 1 aromatic carbocycles. The number of amides is 1. The van der Waals surface area contributed by atoms with Crippen molar-refractivity contribution in [3.63, 3.8) is 0 Å². The molecule has 1 heterocycles. The zero-order valence-electron chi connectivity index (χ0n) is 14.4. The van der Waals surface area contributed by atoms with Crippen LogP contribution in [0.2, 0.25) is 0 Å². The van der Waals surface area contributed by atoms with Gasteiger partial charge in [-0.25, -0.2) is 4.39 Å². The number of nitrogens with one attached hydrogen (secondary N) is 1. The first-order chi connectivity index (χ1) is 11.1. The summed E-state index contributed by atoms with van der Waals surface area (Å²) in [5.74, 6) is 0.348. The second-order valence-corrected chi connectivity index (χ2v) is 7.07. The molecule has 134 valence electrons. The van der Waals surface area contributed by atoms with Crippen LogP contribution in [0.3, 0.4) is 0 Å². The van der Waals surface area contributed by atoms with Gasteiger partial charge in [0, 0.05) is 19.0 Å². The lowest BCUT2D eigenvalue weighted by Gasteiger charge is -2.27. The minimum Gasteiger partial charge on any atom is -0.342 e. The number of hydrogen-bond acceptors (Lipinski definition) is 2. The van der Waals surface area contributed by atoms with Crippen molar-refractivity contribution in [3.8, 4) is 0 Å². The Bertz CT molecular complexity index is 560. The van der Waals surface area contributed by atoms with E-state index in [0.717, 1.165) is 57.3 Å². The zero-order valence-corrected chi connectivity index (χ0v) is 15.2. The van der Waals surface area contributed by atoms with Crippen molar-refractivity contribution in [1.29, 1.82) is 0 Å². The summed E-state index contributed by atoms with van der Waals surface area (Å²) < 4.78 is 13.3. The maximum Gasteiger partial charge on any atom is 0.226 e. The van der Waals surface area contributed by atoms with Gasteiger partial charge in [-0.05, 0) is 68.3 Å². The summed E-state index contributed by atoms with van der Waals surface area (Å²) in [5, 5.41) is 3.39. The van der Waals surface area contributed by atoms with Crippen LogP contribution in [0.4, 0.5) is 4.39 Å². The molecule has 1 saturated heterocycles. The van der Waals surface area contributed by atoms with Crippen molar-refractivity contribution in [2.75, 3.05) is 26.2 Å². The van der Waals surface area contributed by atoms with Gasteiger partial charge in [0.25, 0.3) is 0 Å². The molecule has 1 unspecified atom stereocenters. The molecular weight excluding hydrogens is 327 g/mol. The largest absolute Gasteiger partial charge is 0.342 e. The van der Waals surface area contributed by atoms with Crippen LogP contribution >= 0.6 is 12.4 Å². The van der Waals surface area contributed by atoms with Crippen LogP contribution in [0, 0.1) is 17.2 Å². The standard InChI is InChI=1S/C19H27FN2O.ClH/c1-2-11-22(12-6-15-4-3-5-16(20)13-15)18(23)17-14-19(17)7-9-21-10-8-19;/h3-5,13,17,21H,2,6-12,14H2,1H3;1H. The molecule has 3 nitrogen and oxygen atoms in total. The van der Waals surface area contributed by atoms with Gasteiger partial charge in [0.2, 0.25) is 5.91 Å². The van der Waals surface area contributed by atoms with Crippen molar-refractivity contribution >= 4 is 18.3 Å². The molecule has 1 atom stereocenters. The summed E-state index contributed by atoms with van der Waals surface area (Å²) in [6.45, 7) is 5.69. The molecule has 0 aromatic heterocycles. The van der Waals surface area contributed by atoms with Crippen LogP contribution in [0.15, 0.2) is 24.3 Å². The highest BCUT2D eigenvalue weighted by Crippen LogP contribution is 2.59. The smallest absolute Gasteiger partial charge is 0.226 e. The topological polar surface area (TPSA) is 32.3 Å². The normalized spacial score (nSPS) is 21.2. The summed E-state index contributed by atoms with van der Waals surface area (Å²) in [7, 11) is 0. The molecule has 24 heavy (non-hydrogen) atoms. The van der Waals surface area contributed by atoms with E-state index in [1.807, 2.05) is 11.0 Å². The predicted molar refractivity (Wildman–Crippen MR) is 96.9 cm³/mol. The number of piperidine rings is 1. The Labute approximate surface area is 150 Å². The first kappa shape index (κ1) is 19.2. The van der Waals surface area contributed by atoms with Gasteiger partial charge in [-0.1, -0.05) is 19.1 Å². The molecule has 1 spiro atoms. The third-order valence-electron chi connectivity index (χ3n) is 5.45. The van der Waals surface area contributed by atoms with Crippen LogP contribution in [-0.2, 0) is 11.2 Å². The lowest BCUT2D eigenvalue weighted by atomic mass is 9.91. The van der Waals surface area contributed by atoms with E-state index in [-0.39, 0.29) is 29.6 Å². The molecule has 0 radical (unpaired) electrons. The molecule has 0 bridgehead atoms. The van der Waals surface area contributed by atoms with Crippen LogP contribution in [0.25, 0.3) is 0 Å². The number of rotatable bonds is 6. The monoisotopic (exact) mass is 354 g/mol. The molecule has 1 saturated carbocycles. The quantitative estimate of drug-likeness (QED) is 0.849. The zero-order chi connectivity index (χ0) is 16.3. The molecular formula is C19H28ClFN2O. The first-order valence-corrected chi connectivity index (χ1v) is 8.88. The molecule has 1 N–H and O–H groups in total. The number of hydrogen-bond donors (Lipinski definition) is 1. The highest BCUT2D eigenvalue weighted by atomic mass is 35.5. The Hall–Kier alpha value is -1.13. The minimum absolute atomic E-state index is 0. The Kier molecular flexibility index (Phi) is 6.64. The third kappa shape index (κ3) is 4.28. The van der Waals surface area contributed by atoms with Crippen molar-refractivity contribution in [1.82, 2.24) is 10.2 Å². The maximum atomic E-state index is 13.3. The van der Waals surface area contributed by atoms with E-state index in [9.17, 15) is 9.18 Å². The van der Waals surface area contributed by atoms with Crippen LogP contribution < -0.4 is 5.32 Å². The maximum absolute atomic E-state index is 13.3. The Morgan fingerprint density at radius 1 is 1.33 bits per heavy atom. The fourth-order valence-electron chi connectivity index (χ4n) is 3.95. The summed E-state index contributed by atoms with van der Waals surface area (Å²) in [5.41, 5.74) is 1.25. The molecule has 1 amide bonds. The highest BCUT2D eigenvalue weighted by molar-refractivity contribution is 5.85. The average molecular weight is 355 g/mol. The number of nitrogens with zero attached hydrogens (tertiary/aromatic N) is 1. The third-order valence-corrected chi connectivity index (χ3v) is 5.45. The minimum atomic E-state index is -0.202. The summed E-state index contributed by atoms with van der Waals surface area (Å²) in [6.07, 6.45) is 5.02. The molecule has 3 rings (SSSR count). The molecule has 2 aliphatic rings. The number of carbonyl (C=O) groups is 1. The summed E-state index contributed by atoms with van der Waals surface area (Å²) in [4.78, 5) is 14.9. The lowest BCUT2D eigenvalue weighted by molar-refractivity contribution is -0.133. The van der Waals surface area contributed by atoms with Crippen molar-refractivity contribution in [2.24, 2.45) is 11.3 Å². The van der Waals surface area contributed by atoms with Gasteiger partial charge in [-0.2, -0.15) is 0 Å². The molecule has 1 aromatic rings. The highest BCUT2D eigenvalue weighted by Gasteiger charge is 2.58. The predicted octanol–water partition coefficient (Wildman–Crippen LogP) is 3.42. The Balaban J connectivity index is 0.00000208. The van der Waals surface area contributed by atoms with E-state index in [1.165, 1.54) is 6.07 Å². The molecule has 2 fully saturated rings. The van der Waals surface area contributed by atoms with Crippen molar-refractivity contribution < 1.29 is 9.18 Å². The molecule has 1 aliphatic heterocycles. The van der Waals surface area contributed by atoms with E-state index in [1.54, 1.807) is 12.1 Å². The van der Waals surface area contributed by atoms with Gasteiger partial charge >= 0.3 is 0 Å². The van der Waals surface area contributed by atoms with Crippen molar-refractivity contribution in [3.05, 3.63) is 35.6 Å². The lowest BCUT2D eigenvalue weighted by Crippen LogP contribution is -2.38. The SMILES string of the molecule is CCCN(CCc1cccc(F)c1)C(=O)C1CC12CCNCC2.Cl. The Morgan fingerprint density at radius 2 is 2.08 bits per heavy atom. The van der Waals surface area contributed by atoms with Crippen LogP contribution in [-0.4, -0.2) is 37.0 Å². The van der Waals surface area contributed by atoms with Crippen molar-refractivity contribution in [2.45, 2.75) is 39.0 Å². The van der Waals surface area contributed by atoms with Gasteiger partial charge in [-0.3, -0.25) is 4.79 Å². The first-order valence-electron chi connectivity index (χ1n) is 8.88. The van der Waals surface area contributed by atoms with Gasteiger partial charge in [-0.15, -0.1) is 12.4 Å². The van der Waals surface area contributed by atoms with Gasteiger partial charge in [0.05, 0.1) is 0 Å². The second kappa shape index (κ2) is 8.30. The van der Waals surface area contributed by atoms with E-state index >= 15 is 0 Å². The fourth-order valence-corrected chi connectivity index (χ4v) is 3.95. The summed E-state index contributed by atoms with van der Waals surface area (Å²) in [6, 6.07) is 6.70. The molecule has 5 heteroatoms. The fraction of sp³-hybridized carbons (Fsp3) is 0.632. The Morgan fingerprint density at radius 3 is 2.75 bits per heavy atom. The summed E-state index contributed by atoms with van der Waals surface area (Å²) >= 11 is 0. The second-order valence-electron chi connectivity index (χ2n) is 7.07. The van der Waals surface area contributed by atoms with Gasteiger partial charge in [0.1, 0.15) is 5.82 Å². The van der Waals surface area contributed by atoms with E-state index in [4.69, 9.17) is 0 Å². The number of halogens is 2.